The molecule has 0 spiro atoms. The van der Waals surface area contributed by atoms with Crippen molar-refractivity contribution in [1.82, 2.24) is 4.98 Å². The first-order valence-electron chi connectivity index (χ1n) is 8.53. The van der Waals surface area contributed by atoms with Gasteiger partial charge in [-0.2, -0.15) is 0 Å². The zero-order valence-electron chi connectivity index (χ0n) is 14.5. The largest absolute Gasteiger partial charge is 0.487 e. The maximum absolute atomic E-state index is 12.3. The molecule has 0 aliphatic carbocycles. The number of carbonyl (C=O) groups is 1. The van der Waals surface area contributed by atoms with Gasteiger partial charge in [0.15, 0.2) is 17.3 Å². The molecule has 0 radical (unpaired) electrons. The fourth-order valence-corrected chi connectivity index (χ4v) is 2.63. The van der Waals surface area contributed by atoms with Crippen LogP contribution < -0.4 is 14.2 Å². The molecule has 1 aromatic heterocycles. The molecule has 0 atom stereocenters. The molecule has 1 aliphatic rings. The molecule has 0 amide bonds. The maximum atomic E-state index is 12.3. The number of hydrogen-bond donors (Lipinski definition) is 0. The van der Waals surface area contributed by atoms with Gasteiger partial charge in [0.2, 0.25) is 6.79 Å². The van der Waals surface area contributed by atoms with Crippen LogP contribution in [0.5, 0.6) is 17.2 Å². The molecule has 27 heavy (non-hydrogen) atoms. The quantitative estimate of drug-likeness (QED) is 0.485. The third-order valence-electron chi connectivity index (χ3n) is 4.08. The summed E-state index contributed by atoms with van der Waals surface area (Å²) in [6.45, 7) is 0.607. The van der Waals surface area contributed by atoms with Crippen LogP contribution in [0.25, 0.3) is 6.08 Å². The van der Waals surface area contributed by atoms with Crippen molar-refractivity contribution in [3.63, 3.8) is 0 Å². The Morgan fingerprint density at radius 1 is 1.04 bits per heavy atom. The maximum Gasteiger partial charge on any atom is 0.231 e. The SMILES string of the molecule is O=C(C=Cc1ccc(OCc2ccccn2)cc1)c1ccc2c(c1)OCO2. The Morgan fingerprint density at radius 2 is 1.89 bits per heavy atom. The van der Waals surface area contributed by atoms with E-state index >= 15 is 0 Å². The van der Waals surface area contributed by atoms with Gasteiger partial charge in [-0.15, -0.1) is 0 Å². The van der Waals surface area contributed by atoms with Crippen molar-refractivity contribution in [2.75, 3.05) is 6.79 Å². The highest BCUT2D eigenvalue weighted by Crippen LogP contribution is 2.32. The highest BCUT2D eigenvalue weighted by molar-refractivity contribution is 6.07. The molecule has 2 aromatic carbocycles. The summed E-state index contributed by atoms with van der Waals surface area (Å²) < 4.78 is 16.3. The predicted molar refractivity (Wildman–Crippen MR) is 101 cm³/mol. The first kappa shape index (κ1) is 16.8. The molecule has 0 saturated carbocycles. The van der Waals surface area contributed by atoms with Crippen LogP contribution >= 0.6 is 0 Å². The highest BCUT2D eigenvalue weighted by Gasteiger charge is 2.15. The fraction of sp³-hybridized carbons (Fsp3) is 0.0909. The Kier molecular flexibility index (Phi) is 4.83. The van der Waals surface area contributed by atoms with Gasteiger partial charge < -0.3 is 14.2 Å². The lowest BCUT2D eigenvalue weighted by Gasteiger charge is -2.05. The highest BCUT2D eigenvalue weighted by atomic mass is 16.7. The van der Waals surface area contributed by atoms with Crippen LogP contribution in [0.1, 0.15) is 21.6 Å². The van der Waals surface area contributed by atoms with E-state index in [1.54, 1.807) is 36.5 Å². The predicted octanol–water partition coefficient (Wildman–Crippen LogP) is 4.29. The second-order valence-electron chi connectivity index (χ2n) is 5.94. The number of rotatable bonds is 6. The second kappa shape index (κ2) is 7.74. The van der Waals surface area contributed by atoms with Crippen LogP contribution in [0.15, 0.2) is 72.9 Å². The molecule has 5 heteroatoms. The number of allylic oxidation sites excluding steroid dienone is 1. The minimum absolute atomic E-state index is 0.0937. The molecular formula is C22H17NO4. The van der Waals surface area contributed by atoms with Gasteiger partial charge in [-0.25, -0.2) is 0 Å². The number of ether oxygens (including phenoxy) is 3. The molecule has 1 aliphatic heterocycles. The summed E-state index contributed by atoms with van der Waals surface area (Å²) in [5, 5.41) is 0. The molecule has 3 aromatic rings. The molecule has 5 nitrogen and oxygen atoms in total. The smallest absolute Gasteiger partial charge is 0.231 e. The molecule has 134 valence electrons. The van der Waals surface area contributed by atoms with Crippen molar-refractivity contribution < 1.29 is 19.0 Å². The van der Waals surface area contributed by atoms with E-state index in [0.29, 0.717) is 23.7 Å². The first-order valence-corrected chi connectivity index (χ1v) is 8.53. The van der Waals surface area contributed by atoms with E-state index in [9.17, 15) is 4.79 Å². The summed E-state index contributed by atoms with van der Waals surface area (Å²) in [5.41, 5.74) is 2.34. The van der Waals surface area contributed by atoms with Crippen LogP contribution in [-0.4, -0.2) is 17.6 Å². The van der Waals surface area contributed by atoms with Crippen LogP contribution in [0.2, 0.25) is 0 Å². The summed E-state index contributed by atoms with van der Waals surface area (Å²) >= 11 is 0. The Hall–Kier alpha value is -3.60. The zero-order chi connectivity index (χ0) is 18.5. The van der Waals surface area contributed by atoms with E-state index in [-0.39, 0.29) is 12.6 Å². The third-order valence-corrected chi connectivity index (χ3v) is 4.08. The second-order valence-corrected chi connectivity index (χ2v) is 5.94. The average molecular weight is 359 g/mol. The minimum atomic E-state index is -0.0937. The molecule has 0 saturated heterocycles. The summed E-state index contributed by atoms with van der Waals surface area (Å²) in [5.74, 6) is 1.92. The number of aromatic nitrogens is 1. The standard InChI is InChI=1S/C22H17NO4/c24-20(17-7-11-21-22(13-17)27-15-26-21)10-6-16-4-8-19(9-5-16)25-14-18-3-1-2-12-23-18/h1-13H,14-15H2. The topological polar surface area (TPSA) is 57.7 Å². The van der Waals surface area contributed by atoms with E-state index in [1.807, 2.05) is 42.5 Å². The van der Waals surface area contributed by atoms with Crippen molar-refractivity contribution in [2.24, 2.45) is 0 Å². The van der Waals surface area contributed by atoms with Crippen molar-refractivity contribution in [1.29, 1.82) is 0 Å². The monoisotopic (exact) mass is 359 g/mol. The van der Waals surface area contributed by atoms with Gasteiger partial charge in [0.05, 0.1) is 5.69 Å². The lowest BCUT2D eigenvalue weighted by atomic mass is 10.1. The van der Waals surface area contributed by atoms with Crippen LogP contribution in [0.4, 0.5) is 0 Å². The summed E-state index contributed by atoms with van der Waals surface area (Å²) in [6, 6.07) is 18.4. The van der Waals surface area contributed by atoms with Gasteiger partial charge in [0, 0.05) is 11.8 Å². The molecule has 0 N–H and O–H groups in total. The molecular weight excluding hydrogens is 342 g/mol. The number of benzene rings is 2. The minimum Gasteiger partial charge on any atom is -0.487 e. The number of fused-ring (bicyclic) bond motifs is 1. The van der Waals surface area contributed by atoms with E-state index in [4.69, 9.17) is 14.2 Å². The molecule has 2 heterocycles. The number of hydrogen-bond acceptors (Lipinski definition) is 5. The van der Waals surface area contributed by atoms with Gasteiger partial charge >= 0.3 is 0 Å². The lowest BCUT2D eigenvalue weighted by Crippen LogP contribution is -1.97. The first-order chi connectivity index (χ1) is 13.3. The van der Waals surface area contributed by atoms with E-state index < -0.39 is 0 Å². The van der Waals surface area contributed by atoms with Gasteiger partial charge in [-0.3, -0.25) is 9.78 Å². The summed E-state index contributed by atoms with van der Waals surface area (Å²) in [6.07, 6.45) is 5.06. The number of ketones is 1. The lowest BCUT2D eigenvalue weighted by molar-refractivity contribution is 0.104. The molecule has 0 unspecified atom stereocenters. The Morgan fingerprint density at radius 3 is 2.70 bits per heavy atom. The van der Waals surface area contributed by atoms with Crippen LogP contribution in [0.3, 0.4) is 0 Å². The van der Waals surface area contributed by atoms with E-state index in [1.165, 1.54) is 0 Å². The fourth-order valence-electron chi connectivity index (χ4n) is 2.63. The Balaban J connectivity index is 1.37. The van der Waals surface area contributed by atoms with Crippen molar-refractivity contribution in [3.05, 3.63) is 89.8 Å². The Bertz CT molecular complexity index is 965. The molecule has 4 rings (SSSR count). The zero-order valence-corrected chi connectivity index (χ0v) is 14.5. The van der Waals surface area contributed by atoms with Crippen LogP contribution in [0, 0.1) is 0 Å². The molecule has 0 bridgehead atoms. The molecule has 0 fully saturated rings. The summed E-state index contributed by atoms with van der Waals surface area (Å²) in [4.78, 5) is 16.5. The van der Waals surface area contributed by atoms with Crippen molar-refractivity contribution in [2.45, 2.75) is 6.61 Å². The number of pyridine rings is 1. The Labute approximate surface area is 156 Å². The van der Waals surface area contributed by atoms with Gasteiger partial charge in [-0.05, 0) is 54.1 Å². The normalized spacial score (nSPS) is 12.3. The van der Waals surface area contributed by atoms with Crippen molar-refractivity contribution >= 4 is 11.9 Å². The average Bonchev–Trinajstić information content (AvgIpc) is 3.20. The van der Waals surface area contributed by atoms with Gasteiger partial charge in [0.25, 0.3) is 0 Å². The third kappa shape index (κ3) is 4.15. The summed E-state index contributed by atoms with van der Waals surface area (Å²) in [7, 11) is 0. The van der Waals surface area contributed by atoms with E-state index in [2.05, 4.69) is 4.98 Å². The number of carbonyl (C=O) groups excluding carboxylic acids is 1. The van der Waals surface area contributed by atoms with Gasteiger partial charge in [-0.1, -0.05) is 24.3 Å². The number of nitrogens with zero attached hydrogens (tertiary/aromatic N) is 1. The van der Waals surface area contributed by atoms with Crippen molar-refractivity contribution in [3.8, 4) is 17.2 Å². The van der Waals surface area contributed by atoms with Gasteiger partial charge in [0.1, 0.15) is 12.4 Å². The van der Waals surface area contributed by atoms with E-state index in [0.717, 1.165) is 17.0 Å². The van der Waals surface area contributed by atoms with Crippen LogP contribution in [-0.2, 0) is 6.61 Å².